The molecule has 0 saturated carbocycles. The average molecular weight is 146 g/mol. The zero-order valence-corrected chi connectivity index (χ0v) is 5.14. The van der Waals surface area contributed by atoms with Gasteiger partial charge in [-0.1, -0.05) is 11.6 Å². The molecule has 3 N–H and O–H groups in total. The van der Waals surface area contributed by atoms with Gasteiger partial charge in [0.2, 0.25) is 5.43 Å². The van der Waals surface area contributed by atoms with Gasteiger partial charge in [-0.2, -0.15) is 5.10 Å². The SMILES string of the molecule is Nc1n[nH]c(Cl)cc1=O. The molecule has 0 aliphatic rings. The first-order valence-electron chi connectivity index (χ1n) is 2.21. The Balaban J connectivity index is 3.34. The third-order valence-corrected chi connectivity index (χ3v) is 0.987. The van der Waals surface area contributed by atoms with E-state index in [4.69, 9.17) is 17.3 Å². The topological polar surface area (TPSA) is 71.8 Å². The van der Waals surface area contributed by atoms with E-state index in [-0.39, 0.29) is 16.4 Å². The maximum Gasteiger partial charge on any atom is 0.225 e. The van der Waals surface area contributed by atoms with E-state index in [0.29, 0.717) is 0 Å². The van der Waals surface area contributed by atoms with Crippen LogP contribution in [0.3, 0.4) is 0 Å². The number of anilines is 1. The maximum absolute atomic E-state index is 10.5. The summed E-state index contributed by atoms with van der Waals surface area (Å²) in [5, 5.41) is 5.91. The van der Waals surface area contributed by atoms with Crippen LogP contribution in [0.15, 0.2) is 10.9 Å². The lowest BCUT2D eigenvalue weighted by molar-refractivity contribution is 1.03. The zero-order valence-electron chi connectivity index (χ0n) is 4.39. The molecule has 0 aromatic carbocycles. The standard InChI is InChI=1S/C4H4ClN3O/c5-3-1-2(9)4(6)8-7-3/h1H,(H2,6,8)(H,7,9). The first-order valence-corrected chi connectivity index (χ1v) is 2.58. The Kier molecular flexibility index (Phi) is 1.40. The van der Waals surface area contributed by atoms with E-state index >= 15 is 0 Å². The second-order valence-corrected chi connectivity index (χ2v) is 1.87. The molecule has 0 bridgehead atoms. The number of halogens is 1. The van der Waals surface area contributed by atoms with Crippen LogP contribution in [0.2, 0.25) is 5.15 Å². The number of rotatable bonds is 0. The van der Waals surface area contributed by atoms with E-state index in [1.54, 1.807) is 0 Å². The van der Waals surface area contributed by atoms with Crippen LogP contribution in [-0.4, -0.2) is 10.2 Å². The Morgan fingerprint density at radius 1 is 1.78 bits per heavy atom. The molecule has 0 saturated heterocycles. The molecule has 0 unspecified atom stereocenters. The third-order valence-electron chi connectivity index (χ3n) is 0.793. The molecule has 0 amide bonds. The Morgan fingerprint density at radius 2 is 2.44 bits per heavy atom. The number of nitrogens with two attached hydrogens (primary N) is 1. The minimum absolute atomic E-state index is 0.0700. The molecule has 4 nitrogen and oxygen atoms in total. The van der Waals surface area contributed by atoms with Gasteiger partial charge in [0.1, 0.15) is 5.15 Å². The van der Waals surface area contributed by atoms with Gasteiger partial charge in [-0.15, -0.1) is 0 Å². The van der Waals surface area contributed by atoms with Gasteiger partial charge >= 0.3 is 0 Å². The second-order valence-electron chi connectivity index (χ2n) is 1.47. The average Bonchev–Trinajstić information content (AvgIpc) is 1.80. The third kappa shape index (κ3) is 1.20. The van der Waals surface area contributed by atoms with Crippen molar-refractivity contribution in [2.75, 3.05) is 5.73 Å². The summed E-state index contributed by atoms with van der Waals surface area (Å²) in [6.07, 6.45) is 0. The van der Waals surface area contributed by atoms with E-state index in [9.17, 15) is 4.79 Å². The first kappa shape index (κ1) is 6.10. The molecule has 48 valence electrons. The fourth-order valence-electron chi connectivity index (χ4n) is 0.390. The van der Waals surface area contributed by atoms with Crippen LogP contribution in [0.25, 0.3) is 0 Å². The van der Waals surface area contributed by atoms with E-state index in [0.717, 1.165) is 0 Å². The van der Waals surface area contributed by atoms with Crippen molar-refractivity contribution >= 4 is 17.4 Å². The molecule has 0 atom stereocenters. The van der Waals surface area contributed by atoms with Crippen LogP contribution in [-0.2, 0) is 0 Å². The smallest absolute Gasteiger partial charge is 0.225 e. The highest BCUT2D eigenvalue weighted by Gasteiger charge is 1.93. The summed E-state index contributed by atoms with van der Waals surface area (Å²) >= 11 is 5.34. The highest BCUT2D eigenvalue weighted by molar-refractivity contribution is 6.29. The van der Waals surface area contributed by atoms with Gasteiger partial charge in [0.15, 0.2) is 5.82 Å². The fraction of sp³-hybridized carbons (Fsp3) is 0. The Bertz CT molecular complexity index is 269. The fourth-order valence-corrected chi connectivity index (χ4v) is 0.531. The van der Waals surface area contributed by atoms with Crippen LogP contribution >= 0.6 is 11.6 Å². The zero-order chi connectivity index (χ0) is 6.85. The van der Waals surface area contributed by atoms with Crippen LogP contribution < -0.4 is 11.2 Å². The second kappa shape index (κ2) is 2.06. The number of hydrogen-bond donors (Lipinski definition) is 2. The van der Waals surface area contributed by atoms with Gasteiger partial charge in [0, 0.05) is 6.07 Å². The predicted octanol–water partition coefficient (Wildman–Crippen LogP) is 0.00550. The molecule has 0 aliphatic carbocycles. The van der Waals surface area contributed by atoms with E-state index in [1.807, 2.05) is 0 Å². The van der Waals surface area contributed by atoms with Crippen molar-refractivity contribution in [1.29, 1.82) is 0 Å². The summed E-state index contributed by atoms with van der Waals surface area (Å²) in [5.41, 5.74) is 4.71. The number of nitrogens with zero attached hydrogens (tertiary/aromatic N) is 1. The summed E-state index contributed by atoms with van der Waals surface area (Å²) in [5.74, 6) is -0.0700. The van der Waals surface area contributed by atoms with Crippen molar-refractivity contribution < 1.29 is 0 Å². The molecule has 9 heavy (non-hydrogen) atoms. The molecule has 0 aliphatic heterocycles. The Morgan fingerprint density at radius 3 is 2.89 bits per heavy atom. The van der Waals surface area contributed by atoms with Crippen molar-refractivity contribution in [3.05, 3.63) is 21.4 Å². The largest absolute Gasteiger partial charge is 0.379 e. The number of nitrogens with one attached hydrogen (secondary N) is 1. The van der Waals surface area contributed by atoms with Crippen LogP contribution in [0.1, 0.15) is 0 Å². The summed E-state index contributed by atoms with van der Waals surface area (Å²) in [4.78, 5) is 10.5. The highest BCUT2D eigenvalue weighted by Crippen LogP contribution is 1.95. The van der Waals surface area contributed by atoms with Gasteiger partial charge in [0.25, 0.3) is 0 Å². The van der Waals surface area contributed by atoms with Crippen molar-refractivity contribution in [2.24, 2.45) is 0 Å². The predicted molar refractivity (Wildman–Crippen MR) is 34.3 cm³/mol. The van der Waals surface area contributed by atoms with E-state index < -0.39 is 0 Å². The molecule has 5 heteroatoms. The molecule has 1 rings (SSSR count). The Labute approximate surface area is 55.6 Å². The van der Waals surface area contributed by atoms with Gasteiger partial charge in [-0.3, -0.25) is 9.89 Å². The van der Waals surface area contributed by atoms with Crippen LogP contribution in [0.5, 0.6) is 0 Å². The maximum atomic E-state index is 10.5. The minimum Gasteiger partial charge on any atom is -0.379 e. The normalized spacial score (nSPS) is 9.44. The van der Waals surface area contributed by atoms with Crippen LogP contribution in [0, 0.1) is 0 Å². The van der Waals surface area contributed by atoms with Gasteiger partial charge in [0.05, 0.1) is 0 Å². The lowest BCUT2D eigenvalue weighted by atomic mass is 10.5. The number of H-pyrrole nitrogens is 1. The molecular weight excluding hydrogens is 142 g/mol. The van der Waals surface area contributed by atoms with Gasteiger partial charge < -0.3 is 5.73 Å². The molecule has 0 fully saturated rings. The van der Waals surface area contributed by atoms with Crippen LogP contribution in [0.4, 0.5) is 5.82 Å². The highest BCUT2D eigenvalue weighted by atomic mass is 35.5. The van der Waals surface area contributed by atoms with Gasteiger partial charge in [-0.05, 0) is 0 Å². The Hall–Kier alpha value is -1.03. The van der Waals surface area contributed by atoms with E-state index in [2.05, 4.69) is 10.2 Å². The number of aromatic amines is 1. The first-order chi connectivity index (χ1) is 4.20. The van der Waals surface area contributed by atoms with Crippen molar-refractivity contribution in [3.63, 3.8) is 0 Å². The molecular formula is C4H4ClN3O. The molecule has 0 spiro atoms. The van der Waals surface area contributed by atoms with Gasteiger partial charge in [-0.25, -0.2) is 0 Å². The quantitative estimate of drug-likeness (QED) is 0.540. The molecule has 1 heterocycles. The number of hydrogen-bond acceptors (Lipinski definition) is 3. The lowest BCUT2D eigenvalue weighted by Crippen LogP contribution is -2.09. The van der Waals surface area contributed by atoms with E-state index in [1.165, 1.54) is 6.07 Å². The monoisotopic (exact) mass is 145 g/mol. The number of aromatic nitrogens is 2. The lowest BCUT2D eigenvalue weighted by Gasteiger charge is -1.88. The summed E-state index contributed by atoms with van der Waals surface area (Å²) < 4.78 is 0. The minimum atomic E-state index is -0.362. The molecule has 0 radical (unpaired) electrons. The molecule has 1 aromatic rings. The van der Waals surface area contributed by atoms with Crippen molar-refractivity contribution in [1.82, 2.24) is 10.2 Å². The summed E-state index contributed by atoms with van der Waals surface area (Å²) in [7, 11) is 0. The summed E-state index contributed by atoms with van der Waals surface area (Å²) in [6.45, 7) is 0. The van der Waals surface area contributed by atoms with Crippen molar-refractivity contribution in [3.8, 4) is 0 Å². The summed E-state index contributed by atoms with van der Waals surface area (Å²) in [6, 6.07) is 1.17. The van der Waals surface area contributed by atoms with Crippen molar-refractivity contribution in [2.45, 2.75) is 0 Å². The number of nitrogen functional groups attached to an aromatic ring is 1. The molecule has 1 aromatic heterocycles.